The summed E-state index contributed by atoms with van der Waals surface area (Å²) < 4.78 is 0. The SMILES string of the molecule is CCC(C)CC(C)CC(CC(C)CC(C)CC)N=O. The van der Waals surface area contributed by atoms with Crippen LogP contribution in [-0.2, 0) is 0 Å². The first-order chi connectivity index (χ1) is 8.92. The molecule has 19 heavy (non-hydrogen) atoms. The van der Waals surface area contributed by atoms with Gasteiger partial charge in [-0.15, -0.1) is 0 Å². The summed E-state index contributed by atoms with van der Waals surface area (Å²) in [6.45, 7) is 13.6. The Labute approximate surface area is 120 Å². The fourth-order valence-corrected chi connectivity index (χ4v) is 3.01. The van der Waals surface area contributed by atoms with Gasteiger partial charge in [0, 0.05) is 0 Å². The van der Waals surface area contributed by atoms with Gasteiger partial charge in [-0.2, -0.15) is 4.91 Å². The molecule has 0 N–H and O–H groups in total. The van der Waals surface area contributed by atoms with Crippen LogP contribution in [0.25, 0.3) is 0 Å². The summed E-state index contributed by atoms with van der Waals surface area (Å²) in [7, 11) is 0. The van der Waals surface area contributed by atoms with Crippen LogP contribution in [0.1, 0.15) is 80.1 Å². The lowest BCUT2D eigenvalue weighted by atomic mass is 9.85. The lowest BCUT2D eigenvalue weighted by Crippen LogP contribution is -2.16. The molecule has 0 aromatic rings. The van der Waals surface area contributed by atoms with Crippen molar-refractivity contribution in [2.45, 2.75) is 86.1 Å². The molecule has 0 aliphatic heterocycles. The zero-order chi connectivity index (χ0) is 14.8. The van der Waals surface area contributed by atoms with Crippen molar-refractivity contribution < 1.29 is 0 Å². The van der Waals surface area contributed by atoms with Crippen LogP contribution >= 0.6 is 0 Å². The van der Waals surface area contributed by atoms with Crippen LogP contribution < -0.4 is 0 Å². The minimum atomic E-state index is 0.0260. The van der Waals surface area contributed by atoms with Crippen molar-refractivity contribution in [3.63, 3.8) is 0 Å². The third-order valence-corrected chi connectivity index (χ3v) is 4.50. The minimum absolute atomic E-state index is 0.0260. The highest BCUT2D eigenvalue weighted by molar-refractivity contribution is 4.74. The van der Waals surface area contributed by atoms with E-state index < -0.39 is 0 Å². The van der Waals surface area contributed by atoms with E-state index in [9.17, 15) is 4.91 Å². The molecule has 0 aliphatic rings. The summed E-state index contributed by atoms with van der Waals surface area (Å²) in [6.07, 6.45) is 6.85. The average molecular weight is 269 g/mol. The number of hydrogen-bond acceptors (Lipinski definition) is 2. The highest BCUT2D eigenvalue weighted by atomic mass is 16.3. The Morgan fingerprint density at radius 2 is 1.05 bits per heavy atom. The van der Waals surface area contributed by atoms with Gasteiger partial charge in [0.1, 0.15) is 0 Å². The molecule has 0 amide bonds. The molecule has 114 valence electrons. The van der Waals surface area contributed by atoms with Crippen LogP contribution in [0.5, 0.6) is 0 Å². The topological polar surface area (TPSA) is 29.4 Å². The van der Waals surface area contributed by atoms with Gasteiger partial charge >= 0.3 is 0 Å². The summed E-state index contributed by atoms with van der Waals surface area (Å²) >= 11 is 0. The molecule has 0 spiro atoms. The molecule has 0 aromatic heterocycles. The smallest absolute Gasteiger partial charge is 0.0924 e. The molecule has 0 rings (SSSR count). The lowest BCUT2D eigenvalue weighted by Gasteiger charge is -2.22. The van der Waals surface area contributed by atoms with Crippen LogP contribution in [-0.4, -0.2) is 6.04 Å². The summed E-state index contributed by atoms with van der Waals surface area (Å²) in [5.41, 5.74) is 0. The van der Waals surface area contributed by atoms with Crippen LogP contribution in [0.15, 0.2) is 5.18 Å². The molecular weight excluding hydrogens is 234 g/mol. The average Bonchev–Trinajstić information content (AvgIpc) is 2.37. The van der Waals surface area contributed by atoms with Gasteiger partial charge in [0.2, 0.25) is 0 Å². The van der Waals surface area contributed by atoms with Gasteiger partial charge < -0.3 is 0 Å². The van der Waals surface area contributed by atoms with Gasteiger partial charge in [-0.3, -0.25) is 0 Å². The molecule has 0 aliphatic carbocycles. The third kappa shape index (κ3) is 9.18. The Morgan fingerprint density at radius 1 is 0.684 bits per heavy atom. The van der Waals surface area contributed by atoms with Crippen molar-refractivity contribution in [1.29, 1.82) is 0 Å². The van der Waals surface area contributed by atoms with E-state index in [1.807, 2.05) is 0 Å². The highest BCUT2D eigenvalue weighted by Gasteiger charge is 2.19. The molecular formula is C17H35NO. The van der Waals surface area contributed by atoms with Crippen LogP contribution in [0.3, 0.4) is 0 Å². The molecule has 4 atom stereocenters. The van der Waals surface area contributed by atoms with Crippen molar-refractivity contribution in [2.75, 3.05) is 0 Å². The van der Waals surface area contributed by atoms with E-state index in [0.29, 0.717) is 11.8 Å². The van der Waals surface area contributed by atoms with Gasteiger partial charge in [-0.05, 0) is 49.4 Å². The summed E-state index contributed by atoms with van der Waals surface area (Å²) in [4.78, 5) is 11.0. The first kappa shape index (κ1) is 18.6. The second-order valence-electron chi connectivity index (χ2n) is 6.94. The molecule has 0 bridgehead atoms. The van der Waals surface area contributed by atoms with Gasteiger partial charge in [0.25, 0.3) is 0 Å². The van der Waals surface area contributed by atoms with E-state index in [1.54, 1.807) is 0 Å². The maximum Gasteiger partial charge on any atom is 0.0924 e. The number of nitroso groups, excluding NO2 is 1. The van der Waals surface area contributed by atoms with Gasteiger partial charge in [-0.1, -0.05) is 59.6 Å². The Bertz CT molecular complexity index is 209. The number of hydrogen-bond donors (Lipinski definition) is 0. The number of nitrogens with zero attached hydrogens (tertiary/aromatic N) is 1. The second-order valence-corrected chi connectivity index (χ2v) is 6.94. The highest BCUT2D eigenvalue weighted by Crippen LogP contribution is 2.26. The Kier molecular flexibility index (Phi) is 10.2. The zero-order valence-corrected chi connectivity index (χ0v) is 14.0. The first-order valence-electron chi connectivity index (χ1n) is 8.25. The number of rotatable bonds is 11. The molecule has 0 saturated carbocycles. The van der Waals surface area contributed by atoms with Gasteiger partial charge in [-0.25, -0.2) is 0 Å². The van der Waals surface area contributed by atoms with E-state index in [-0.39, 0.29) is 6.04 Å². The molecule has 0 aromatic carbocycles. The quantitative estimate of drug-likeness (QED) is 0.420. The van der Waals surface area contributed by atoms with Crippen LogP contribution in [0.4, 0.5) is 0 Å². The normalized spacial score (nSPS) is 19.5. The third-order valence-electron chi connectivity index (χ3n) is 4.50. The maximum absolute atomic E-state index is 11.0. The van der Waals surface area contributed by atoms with E-state index in [4.69, 9.17) is 0 Å². The summed E-state index contributed by atoms with van der Waals surface area (Å²) in [5, 5.41) is 3.38. The fourth-order valence-electron chi connectivity index (χ4n) is 3.01. The predicted molar refractivity (Wildman–Crippen MR) is 85.3 cm³/mol. The van der Waals surface area contributed by atoms with Crippen LogP contribution in [0.2, 0.25) is 0 Å². The molecule has 4 unspecified atom stereocenters. The van der Waals surface area contributed by atoms with Crippen molar-refractivity contribution in [3.8, 4) is 0 Å². The van der Waals surface area contributed by atoms with E-state index in [2.05, 4.69) is 46.7 Å². The fraction of sp³-hybridized carbons (Fsp3) is 1.00. The first-order valence-corrected chi connectivity index (χ1v) is 8.25. The monoisotopic (exact) mass is 269 g/mol. The van der Waals surface area contributed by atoms with Gasteiger partial charge in [0.05, 0.1) is 6.04 Å². The predicted octanol–water partition coefficient (Wildman–Crippen LogP) is 6.05. The van der Waals surface area contributed by atoms with Gasteiger partial charge in [0.15, 0.2) is 0 Å². The Morgan fingerprint density at radius 3 is 1.32 bits per heavy atom. The summed E-state index contributed by atoms with van der Waals surface area (Å²) in [5.74, 6) is 2.77. The minimum Gasteiger partial charge on any atom is -0.151 e. The van der Waals surface area contributed by atoms with E-state index >= 15 is 0 Å². The molecule has 0 radical (unpaired) electrons. The standard InChI is InChI=1S/C17H35NO/c1-7-13(3)9-15(5)11-17(18-19)12-16(6)10-14(4)8-2/h13-17H,7-12H2,1-6H3. The molecule has 2 heteroatoms. The molecule has 0 fully saturated rings. The zero-order valence-electron chi connectivity index (χ0n) is 14.0. The maximum atomic E-state index is 11.0. The van der Waals surface area contributed by atoms with Crippen molar-refractivity contribution in [1.82, 2.24) is 0 Å². The lowest BCUT2D eigenvalue weighted by molar-refractivity contribution is 0.314. The van der Waals surface area contributed by atoms with E-state index in [0.717, 1.165) is 24.7 Å². The Hall–Kier alpha value is -0.400. The van der Waals surface area contributed by atoms with E-state index in [1.165, 1.54) is 25.7 Å². The summed E-state index contributed by atoms with van der Waals surface area (Å²) in [6, 6.07) is 0.0260. The van der Waals surface area contributed by atoms with Crippen molar-refractivity contribution >= 4 is 0 Å². The molecule has 0 heterocycles. The van der Waals surface area contributed by atoms with Crippen molar-refractivity contribution in [3.05, 3.63) is 4.91 Å². The van der Waals surface area contributed by atoms with Crippen LogP contribution in [0, 0.1) is 28.6 Å². The molecule has 2 nitrogen and oxygen atoms in total. The largest absolute Gasteiger partial charge is 0.151 e. The van der Waals surface area contributed by atoms with Crippen molar-refractivity contribution in [2.24, 2.45) is 28.8 Å². The Balaban J connectivity index is 4.09. The second kappa shape index (κ2) is 10.4. The molecule has 0 saturated heterocycles.